The molecular formula is C7H15N. The van der Waals surface area contributed by atoms with E-state index in [9.17, 15) is 0 Å². The summed E-state index contributed by atoms with van der Waals surface area (Å²) in [4.78, 5) is 0. The third-order valence-electron chi connectivity index (χ3n) is 1.91. The first-order chi connectivity index (χ1) is 3.79. The van der Waals surface area contributed by atoms with Crippen LogP contribution in [0.15, 0.2) is 0 Å². The monoisotopic (exact) mass is 113 g/mol. The van der Waals surface area contributed by atoms with Gasteiger partial charge in [-0.05, 0) is 32.2 Å². The molecular weight excluding hydrogens is 98.1 g/mol. The second kappa shape index (κ2) is 2.49. The molecule has 1 saturated heterocycles. The zero-order valence-corrected chi connectivity index (χ0v) is 5.78. The minimum Gasteiger partial charge on any atom is -0.314 e. The summed E-state index contributed by atoms with van der Waals surface area (Å²) in [6, 6.07) is 0.770. The molecule has 0 aliphatic carbocycles. The molecule has 0 bridgehead atoms. The Hall–Kier alpha value is -0.0400. The third-order valence-corrected chi connectivity index (χ3v) is 1.91. The topological polar surface area (TPSA) is 12.0 Å². The van der Waals surface area contributed by atoms with E-state index in [-0.39, 0.29) is 0 Å². The van der Waals surface area contributed by atoms with Gasteiger partial charge >= 0.3 is 0 Å². The molecule has 1 heterocycles. The molecule has 2 atom stereocenters. The number of nitrogens with one attached hydrogen (secondary N) is 1. The lowest BCUT2D eigenvalue weighted by molar-refractivity contribution is 0.343. The maximum absolute atomic E-state index is 3.43. The fraction of sp³-hybridized carbons (Fsp3) is 1.00. The van der Waals surface area contributed by atoms with Crippen LogP contribution < -0.4 is 5.32 Å². The highest BCUT2D eigenvalue weighted by molar-refractivity contribution is 4.71. The SMILES string of the molecule is CC1CC[C@H](C)CN1. The number of rotatable bonds is 0. The predicted molar refractivity (Wildman–Crippen MR) is 35.9 cm³/mol. The fourth-order valence-corrected chi connectivity index (χ4v) is 1.14. The van der Waals surface area contributed by atoms with Crippen molar-refractivity contribution in [2.75, 3.05) is 6.54 Å². The van der Waals surface area contributed by atoms with Gasteiger partial charge in [-0.15, -0.1) is 0 Å². The van der Waals surface area contributed by atoms with E-state index in [1.165, 1.54) is 19.4 Å². The van der Waals surface area contributed by atoms with E-state index in [0.29, 0.717) is 0 Å². The van der Waals surface area contributed by atoms with Crippen molar-refractivity contribution in [2.24, 2.45) is 5.92 Å². The molecule has 0 amide bonds. The fourth-order valence-electron chi connectivity index (χ4n) is 1.14. The van der Waals surface area contributed by atoms with Crippen molar-refractivity contribution < 1.29 is 0 Å². The van der Waals surface area contributed by atoms with Crippen LogP contribution in [0.2, 0.25) is 0 Å². The number of hydrogen-bond acceptors (Lipinski definition) is 1. The Morgan fingerprint density at radius 1 is 1.25 bits per heavy atom. The molecule has 1 aliphatic heterocycles. The summed E-state index contributed by atoms with van der Waals surface area (Å²) >= 11 is 0. The molecule has 1 heteroatoms. The predicted octanol–water partition coefficient (Wildman–Crippen LogP) is 1.39. The summed E-state index contributed by atoms with van der Waals surface area (Å²) in [5.41, 5.74) is 0. The van der Waals surface area contributed by atoms with Gasteiger partial charge in [0.2, 0.25) is 0 Å². The van der Waals surface area contributed by atoms with Crippen molar-refractivity contribution in [1.29, 1.82) is 0 Å². The molecule has 0 aromatic carbocycles. The highest BCUT2D eigenvalue weighted by atomic mass is 14.9. The highest BCUT2D eigenvalue weighted by Crippen LogP contribution is 2.11. The molecule has 1 N–H and O–H groups in total. The van der Waals surface area contributed by atoms with E-state index in [1.54, 1.807) is 0 Å². The van der Waals surface area contributed by atoms with Gasteiger partial charge in [0.25, 0.3) is 0 Å². The van der Waals surface area contributed by atoms with E-state index in [0.717, 1.165) is 12.0 Å². The second-order valence-electron chi connectivity index (χ2n) is 2.99. The van der Waals surface area contributed by atoms with Crippen molar-refractivity contribution in [3.05, 3.63) is 0 Å². The van der Waals surface area contributed by atoms with E-state index >= 15 is 0 Å². The number of hydrogen-bond donors (Lipinski definition) is 1. The molecule has 1 nitrogen and oxygen atoms in total. The molecule has 1 aliphatic rings. The largest absolute Gasteiger partial charge is 0.314 e. The second-order valence-corrected chi connectivity index (χ2v) is 2.99. The van der Waals surface area contributed by atoms with Crippen molar-refractivity contribution in [1.82, 2.24) is 5.32 Å². The van der Waals surface area contributed by atoms with Crippen LogP contribution in [-0.4, -0.2) is 12.6 Å². The Balaban J connectivity index is 2.19. The van der Waals surface area contributed by atoms with Crippen molar-refractivity contribution in [3.63, 3.8) is 0 Å². The zero-order valence-electron chi connectivity index (χ0n) is 5.78. The lowest BCUT2D eigenvalue weighted by Crippen LogP contribution is -2.35. The maximum Gasteiger partial charge on any atom is 0.00389 e. The smallest absolute Gasteiger partial charge is 0.00389 e. The van der Waals surface area contributed by atoms with Crippen LogP contribution in [0.1, 0.15) is 26.7 Å². The summed E-state index contributed by atoms with van der Waals surface area (Å²) in [7, 11) is 0. The molecule has 0 aromatic heterocycles. The van der Waals surface area contributed by atoms with E-state index < -0.39 is 0 Å². The lowest BCUT2D eigenvalue weighted by atomic mass is 9.98. The van der Waals surface area contributed by atoms with Gasteiger partial charge in [-0.3, -0.25) is 0 Å². The molecule has 0 spiro atoms. The molecule has 1 unspecified atom stereocenters. The van der Waals surface area contributed by atoms with Gasteiger partial charge in [0, 0.05) is 6.04 Å². The molecule has 1 rings (SSSR count). The van der Waals surface area contributed by atoms with Gasteiger partial charge in [-0.1, -0.05) is 6.92 Å². The van der Waals surface area contributed by atoms with E-state index in [2.05, 4.69) is 19.2 Å². The average Bonchev–Trinajstić information content (AvgIpc) is 1.77. The van der Waals surface area contributed by atoms with Gasteiger partial charge in [0.1, 0.15) is 0 Å². The van der Waals surface area contributed by atoms with Gasteiger partial charge in [-0.25, -0.2) is 0 Å². The van der Waals surface area contributed by atoms with Crippen molar-refractivity contribution in [3.8, 4) is 0 Å². The quantitative estimate of drug-likeness (QED) is 0.500. The van der Waals surface area contributed by atoms with Crippen LogP contribution in [0.5, 0.6) is 0 Å². The number of piperidine rings is 1. The highest BCUT2D eigenvalue weighted by Gasteiger charge is 2.11. The first kappa shape index (κ1) is 6.09. The van der Waals surface area contributed by atoms with Crippen LogP contribution in [0.3, 0.4) is 0 Å². The van der Waals surface area contributed by atoms with Crippen LogP contribution in [0.25, 0.3) is 0 Å². The molecule has 0 aromatic rings. The Morgan fingerprint density at radius 3 is 2.38 bits per heavy atom. The Morgan fingerprint density at radius 2 is 2.00 bits per heavy atom. The standard InChI is InChI=1S/C7H15N/c1-6-3-4-7(2)8-5-6/h6-8H,3-5H2,1-2H3/t6-,7?/m0/s1. The first-order valence-corrected chi connectivity index (χ1v) is 3.52. The lowest BCUT2D eigenvalue weighted by Gasteiger charge is -2.24. The summed E-state index contributed by atoms with van der Waals surface area (Å²) in [6.07, 6.45) is 2.77. The van der Waals surface area contributed by atoms with Crippen LogP contribution >= 0.6 is 0 Å². The van der Waals surface area contributed by atoms with Crippen LogP contribution in [0, 0.1) is 5.92 Å². The minimum absolute atomic E-state index is 0.770. The normalized spacial score (nSPS) is 39.8. The van der Waals surface area contributed by atoms with E-state index in [1.807, 2.05) is 0 Å². The third kappa shape index (κ3) is 1.48. The average molecular weight is 113 g/mol. The summed E-state index contributed by atoms with van der Waals surface area (Å²) < 4.78 is 0. The summed E-state index contributed by atoms with van der Waals surface area (Å²) in [6.45, 7) is 5.78. The van der Waals surface area contributed by atoms with E-state index in [4.69, 9.17) is 0 Å². The van der Waals surface area contributed by atoms with Gasteiger partial charge < -0.3 is 5.32 Å². The maximum atomic E-state index is 3.43. The first-order valence-electron chi connectivity index (χ1n) is 3.52. The summed E-state index contributed by atoms with van der Waals surface area (Å²) in [5.74, 6) is 0.909. The summed E-state index contributed by atoms with van der Waals surface area (Å²) in [5, 5.41) is 3.43. The van der Waals surface area contributed by atoms with Crippen LogP contribution in [0.4, 0.5) is 0 Å². The Kier molecular flexibility index (Phi) is 1.90. The van der Waals surface area contributed by atoms with Gasteiger partial charge in [0.05, 0.1) is 0 Å². The van der Waals surface area contributed by atoms with Crippen molar-refractivity contribution in [2.45, 2.75) is 32.7 Å². The minimum atomic E-state index is 0.770. The Labute approximate surface area is 51.5 Å². The Bertz CT molecular complexity index is 52.8. The molecule has 48 valence electrons. The molecule has 1 fully saturated rings. The van der Waals surface area contributed by atoms with Gasteiger partial charge in [-0.2, -0.15) is 0 Å². The molecule has 0 radical (unpaired) electrons. The van der Waals surface area contributed by atoms with Crippen molar-refractivity contribution >= 4 is 0 Å². The molecule has 0 saturated carbocycles. The van der Waals surface area contributed by atoms with Crippen LogP contribution in [-0.2, 0) is 0 Å². The van der Waals surface area contributed by atoms with Gasteiger partial charge in [0.15, 0.2) is 0 Å². The zero-order chi connectivity index (χ0) is 5.98. The molecule has 8 heavy (non-hydrogen) atoms.